The molecule has 4 rings (SSSR count). The molecule has 0 fully saturated rings. The molecule has 3 N–H and O–H groups in total. The third kappa shape index (κ3) is 4.26. The minimum Gasteiger partial charge on any atom is -0.365 e. The first-order valence-electron chi connectivity index (χ1n) is 9.43. The van der Waals surface area contributed by atoms with Crippen LogP contribution in [-0.2, 0) is 0 Å². The van der Waals surface area contributed by atoms with Gasteiger partial charge in [-0.3, -0.25) is 19.7 Å². The van der Waals surface area contributed by atoms with E-state index >= 15 is 0 Å². The van der Waals surface area contributed by atoms with Gasteiger partial charge >= 0.3 is 0 Å². The maximum atomic E-state index is 13.5. The Kier molecular flexibility index (Phi) is 5.80. The van der Waals surface area contributed by atoms with Crippen molar-refractivity contribution in [3.05, 3.63) is 86.9 Å². The standard InChI is InChI=1S/C22H14F2N4O4S/c23-19(24)15-10-14(11-5-2-1-3-6-11)16-17(18(20(25)29)33-22(16)26-15)27-21(30)12-7-4-8-13(9-12)28(31)32/h1-10,19H,(H2,25,29)(H,27,30). The van der Waals surface area contributed by atoms with Gasteiger partial charge < -0.3 is 11.1 Å². The van der Waals surface area contributed by atoms with E-state index < -0.39 is 28.9 Å². The number of nitrogens with zero attached hydrogens (tertiary/aromatic N) is 2. The normalized spacial score (nSPS) is 11.0. The number of nitrogens with one attached hydrogen (secondary N) is 1. The van der Waals surface area contributed by atoms with Crippen LogP contribution in [0.4, 0.5) is 20.2 Å². The van der Waals surface area contributed by atoms with E-state index in [1.807, 2.05) is 0 Å². The molecule has 0 saturated heterocycles. The number of nitro groups is 1. The van der Waals surface area contributed by atoms with Crippen LogP contribution in [0.2, 0.25) is 0 Å². The van der Waals surface area contributed by atoms with Crippen molar-refractivity contribution in [1.29, 1.82) is 0 Å². The van der Waals surface area contributed by atoms with Crippen LogP contribution in [0.1, 0.15) is 32.1 Å². The third-order valence-corrected chi connectivity index (χ3v) is 5.87. The molecule has 0 aliphatic carbocycles. The molecule has 2 heterocycles. The molecule has 33 heavy (non-hydrogen) atoms. The number of carbonyl (C=O) groups is 2. The van der Waals surface area contributed by atoms with Crippen LogP contribution in [0, 0.1) is 10.1 Å². The van der Waals surface area contributed by atoms with Crippen molar-refractivity contribution in [1.82, 2.24) is 4.98 Å². The number of primary amides is 1. The molecule has 166 valence electrons. The number of rotatable bonds is 6. The Morgan fingerprint density at radius 3 is 2.45 bits per heavy atom. The fourth-order valence-corrected chi connectivity index (χ4v) is 4.33. The second-order valence-electron chi connectivity index (χ2n) is 6.87. The van der Waals surface area contributed by atoms with Gasteiger partial charge in [0.05, 0.1) is 10.6 Å². The van der Waals surface area contributed by atoms with Gasteiger partial charge in [0, 0.05) is 23.1 Å². The van der Waals surface area contributed by atoms with E-state index in [1.54, 1.807) is 30.3 Å². The van der Waals surface area contributed by atoms with E-state index in [2.05, 4.69) is 10.3 Å². The molecular weight excluding hydrogens is 454 g/mol. The molecule has 0 atom stereocenters. The zero-order valence-corrected chi connectivity index (χ0v) is 17.4. The molecule has 0 radical (unpaired) electrons. The average molecular weight is 468 g/mol. The highest BCUT2D eigenvalue weighted by Crippen LogP contribution is 2.42. The number of pyridine rings is 1. The lowest BCUT2D eigenvalue weighted by atomic mass is 10.0. The van der Waals surface area contributed by atoms with Crippen molar-refractivity contribution in [2.24, 2.45) is 5.73 Å². The fraction of sp³-hybridized carbons (Fsp3) is 0.0455. The highest BCUT2D eigenvalue weighted by molar-refractivity contribution is 7.21. The molecule has 0 bridgehead atoms. The molecule has 0 spiro atoms. The number of thiophene rings is 1. The second-order valence-corrected chi connectivity index (χ2v) is 7.87. The minimum absolute atomic E-state index is 0.00572. The van der Waals surface area contributed by atoms with Crippen LogP contribution in [0.25, 0.3) is 21.3 Å². The number of hydrogen-bond donors (Lipinski definition) is 2. The zero-order valence-electron chi connectivity index (χ0n) is 16.6. The number of fused-ring (bicyclic) bond motifs is 1. The second kappa shape index (κ2) is 8.71. The van der Waals surface area contributed by atoms with E-state index in [1.165, 1.54) is 24.3 Å². The smallest absolute Gasteiger partial charge is 0.280 e. The number of hydrogen-bond acceptors (Lipinski definition) is 6. The largest absolute Gasteiger partial charge is 0.365 e. The van der Waals surface area contributed by atoms with Gasteiger partial charge in [0.1, 0.15) is 15.4 Å². The summed E-state index contributed by atoms with van der Waals surface area (Å²) in [5.74, 6) is -1.62. The fourth-order valence-electron chi connectivity index (χ4n) is 3.31. The molecule has 8 nitrogen and oxygen atoms in total. The summed E-state index contributed by atoms with van der Waals surface area (Å²) in [5, 5.41) is 13.9. The highest BCUT2D eigenvalue weighted by atomic mass is 32.1. The van der Waals surface area contributed by atoms with Gasteiger partial charge in [0.15, 0.2) is 0 Å². The van der Waals surface area contributed by atoms with Gasteiger partial charge in [-0.1, -0.05) is 36.4 Å². The number of aromatic nitrogens is 1. The topological polar surface area (TPSA) is 128 Å². The summed E-state index contributed by atoms with van der Waals surface area (Å²) in [4.78, 5) is 39.4. The Hall–Kier alpha value is -4.25. The van der Waals surface area contributed by atoms with Gasteiger partial charge in [-0.2, -0.15) is 0 Å². The molecule has 0 unspecified atom stereocenters. The number of halogens is 2. The molecule has 2 aromatic carbocycles. The number of benzene rings is 2. The Morgan fingerprint density at radius 1 is 1.09 bits per heavy atom. The van der Waals surface area contributed by atoms with Crippen molar-refractivity contribution >= 4 is 44.7 Å². The third-order valence-electron chi connectivity index (χ3n) is 4.77. The Labute approximate surface area is 188 Å². The van der Waals surface area contributed by atoms with Crippen molar-refractivity contribution in [3.63, 3.8) is 0 Å². The molecule has 0 saturated carbocycles. The number of alkyl halides is 2. The lowest BCUT2D eigenvalue weighted by Crippen LogP contribution is -2.17. The van der Waals surface area contributed by atoms with Crippen molar-refractivity contribution in [2.75, 3.05) is 5.32 Å². The molecule has 0 aliphatic heterocycles. The number of carbonyl (C=O) groups excluding carboxylic acids is 2. The lowest BCUT2D eigenvalue weighted by Gasteiger charge is -2.11. The summed E-state index contributed by atoms with van der Waals surface area (Å²) < 4.78 is 27.0. The number of nitro benzene ring substituents is 1. The summed E-state index contributed by atoms with van der Waals surface area (Å²) in [6, 6.07) is 14.8. The van der Waals surface area contributed by atoms with Gasteiger partial charge in [0.25, 0.3) is 23.9 Å². The highest BCUT2D eigenvalue weighted by Gasteiger charge is 2.25. The molecule has 11 heteroatoms. The van der Waals surface area contributed by atoms with Gasteiger partial charge in [0.2, 0.25) is 0 Å². The van der Waals surface area contributed by atoms with Crippen LogP contribution >= 0.6 is 11.3 Å². The number of non-ortho nitro benzene ring substituents is 1. The van der Waals surface area contributed by atoms with E-state index in [9.17, 15) is 28.5 Å². The molecular formula is C22H14F2N4O4S. The monoisotopic (exact) mass is 468 g/mol. The SMILES string of the molecule is NC(=O)c1sc2nc(C(F)F)cc(-c3ccccc3)c2c1NC(=O)c1cccc([N+](=O)[O-])c1. The van der Waals surface area contributed by atoms with E-state index in [0.717, 1.165) is 17.4 Å². The van der Waals surface area contributed by atoms with Crippen LogP contribution in [-0.4, -0.2) is 21.7 Å². The molecule has 2 amide bonds. The van der Waals surface area contributed by atoms with E-state index in [4.69, 9.17) is 5.73 Å². The molecule has 4 aromatic rings. The maximum absolute atomic E-state index is 13.5. The first-order chi connectivity index (χ1) is 15.8. The van der Waals surface area contributed by atoms with Gasteiger partial charge in [-0.15, -0.1) is 11.3 Å². The zero-order chi connectivity index (χ0) is 23.7. The Morgan fingerprint density at radius 2 is 1.82 bits per heavy atom. The van der Waals surface area contributed by atoms with Gasteiger partial charge in [-0.05, 0) is 23.3 Å². The molecule has 2 aromatic heterocycles. The van der Waals surface area contributed by atoms with Crippen LogP contribution < -0.4 is 11.1 Å². The van der Waals surface area contributed by atoms with Crippen molar-refractivity contribution in [3.8, 4) is 11.1 Å². The minimum atomic E-state index is -2.86. The van der Waals surface area contributed by atoms with Crippen LogP contribution in [0.15, 0.2) is 60.7 Å². The first kappa shape index (κ1) is 22.0. The van der Waals surface area contributed by atoms with E-state index in [-0.39, 0.29) is 32.0 Å². The predicted octanol–water partition coefficient (Wildman–Crippen LogP) is 5.16. The first-order valence-corrected chi connectivity index (χ1v) is 10.2. The van der Waals surface area contributed by atoms with Crippen LogP contribution in [0.5, 0.6) is 0 Å². The van der Waals surface area contributed by atoms with Crippen molar-refractivity contribution < 1.29 is 23.3 Å². The Bertz CT molecular complexity index is 1410. The van der Waals surface area contributed by atoms with E-state index in [0.29, 0.717) is 11.1 Å². The lowest BCUT2D eigenvalue weighted by molar-refractivity contribution is -0.384. The number of amides is 2. The predicted molar refractivity (Wildman–Crippen MR) is 120 cm³/mol. The maximum Gasteiger partial charge on any atom is 0.280 e. The van der Waals surface area contributed by atoms with Crippen LogP contribution in [0.3, 0.4) is 0 Å². The van der Waals surface area contributed by atoms with Gasteiger partial charge in [-0.25, -0.2) is 13.8 Å². The summed E-state index contributed by atoms with van der Waals surface area (Å²) in [6.07, 6.45) is -2.86. The summed E-state index contributed by atoms with van der Waals surface area (Å²) in [5.41, 5.74) is 5.58. The average Bonchev–Trinajstić information content (AvgIpc) is 3.17. The van der Waals surface area contributed by atoms with Crippen molar-refractivity contribution in [2.45, 2.75) is 6.43 Å². The quantitative estimate of drug-likeness (QED) is 0.298. The number of nitrogens with two attached hydrogens (primary N) is 1. The Balaban J connectivity index is 1.92. The summed E-state index contributed by atoms with van der Waals surface area (Å²) >= 11 is 0.776. The molecule has 0 aliphatic rings. The number of anilines is 1. The summed E-state index contributed by atoms with van der Waals surface area (Å²) in [6.45, 7) is 0. The summed E-state index contributed by atoms with van der Waals surface area (Å²) in [7, 11) is 0.